The van der Waals surface area contributed by atoms with Crippen molar-refractivity contribution in [2.24, 2.45) is 0 Å². The number of rotatable bonds is 3. The summed E-state index contributed by atoms with van der Waals surface area (Å²) in [6.45, 7) is 3.81. The van der Waals surface area contributed by atoms with Crippen molar-refractivity contribution in [3.63, 3.8) is 0 Å². The average molecular weight is 334 g/mol. The number of carbonyl (C=O) groups is 1. The van der Waals surface area contributed by atoms with Crippen LogP contribution in [0.4, 0.5) is 5.69 Å². The van der Waals surface area contributed by atoms with Crippen LogP contribution in [0.5, 0.6) is 5.75 Å². The lowest BCUT2D eigenvalue weighted by Crippen LogP contribution is -2.14. The van der Waals surface area contributed by atoms with Crippen LogP contribution in [0.1, 0.15) is 33.2 Å². The molecule has 2 rings (SSSR count). The Hall–Kier alpha value is -1.81. The summed E-state index contributed by atoms with van der Waals surface area (Å²) in [5.41, 5.74) is 3.11. The molecule has 0 bridgehead atoms. The SMILES string of the molecule is Cc1cc(O)ccc1C(=O)Nc1ccccc1C(C)Br. The maximum Gasteiger partial charge on any atom is 0.255 e. The number of carbonyl (C=O) groups excluding carboxylic acids is 1. The van der Waals surface area contributed by atoms with Crippen molar-refractivity contribution in [3.8, 4) is 5.75 Å². The van der Waals surface area contributed by atoms with Gasteiger partial charge in [0.05, 0.1) is 0 Å². The maximum atomic E-state index is 12.3. The highest BCUT2D eigenvalue weighted by atomic mass is 79.9. The van der Waals surface area contributed by atoms with Crippen LogP contribution in [-0.2, 0) is 0 Å². The van der Waals surface area contributed by atoms with Gasteiger partial charge in [-0.1, -0.05) is 34.1 Å². The smallest absolute Gasteiger partial charge is 0.255 e. The fourth-order valence-corrected chi connectivity index (χ4v) is 2.45. The van der Waals surface area contributed by atoms with Gasteiger partial charge in [-0.2, -0.15) is 0 Å². The Morgan fingerprint density at radius 3 is 2.60 bits per heavy atom. The number of hydrogen-bond acceptors (Lipinski definition) is 2. The normalized spacial score (nSPS) is 11.9. The van der Waals surface area contributed by atoms with E-state index in [0.29, 0.717) is 5.56 Å². The van der Waals surface area contributed by atoms with Gasteiger partial charge in [0.25, 0.3) is 5.91 Å². The van der Waals surface area contributed by atoms with Crippen LogP contribution in [0.2, 0.25) is 0 Å². The van der Waals surface area contributed by atoms with Crippen LogP contribution in [0, 0.1) is 6.92 Å². The highest BCUT2D eigenvalue weighted by molar-refractivity contribution is 9.09. The minimum Gasteiger partial charge on any atom is -0.508 e. The van der Waals surface area contributed by atoms with Gasteiger partial charge in [0, 0.05) is 16.1 Å². The van der Waals surface area contributed by atoms with E-state index in [9.17, 15) is 9.90 Å². The number of nitrogens with one attached hydrogen (secondary N) is 1. The first-order valence-electron chi connectivity index (χ1n) is 6.33. The van der Waals surface area contributed by atoms with Crippen LogP contribution in [0.25, 0.3) is 0 Å². The van der Waals surface area contributed by atoms with Crippen LogP contribution in [0.15, 0.2) is 42.5 Å². The fraction of sp³-hybridized carbons (Fsp3) is 0.188. The molecule has 0 aliphatic rings. The number of anilines is 1. The van der Waals surface area contributed by atoms with E-state index in [0.717, 1.165) is 16.8 Å². The van der Waals surface area contributed by atoms with E-state index < -0.39 is 0 Å². The molecule has 1 unspecified atom stereocenters. The number of amides is 1. The number of hydrogen-bond donors (Lipinski definition) is 2. The number of aryl methyl sites for hydroxylation is 1. The van der Waals surface area contributed by atoms with Gasteiger partial charge in [-0.15, -0.1) is 0 Å². The summed E-state index contributed by atoms with van der Waals surface area (Å²) in [5, 5.41) is 12.3. The molecule has 0 aliphatic heterocycles. The summed E-state index contributed by atoms with van der Waals surface area (Å²) in [4.78, 5) is 12.5. The highest BCUT2D eigenvalue weighted by Gasteiger charge is 2.13. The second-order valence-corrected chi connectivity index (χ2v) is 6.03. The topological polar surface area (TPSA) is 49.3 Å². The highest BCUT2D eigenvalue weighted by Crippen LogP contribution is 2.29. The number of phenolic OH excluding ortho intramolecular Hbond substituents is 1. The van der Waals surface area contributed by atoms with Crippen LogP contribution in [-0.4, -0.2) is 11.0 Å². The Balaban J connectivity index is 2.28. The van der Waals surface area contributed by atoms with Crippen molar-refractivity contribution in [1.29, 1.82) is 0 Å². The molecule has 20 heavy (non-hydrogen) atoms. The number of alkyl halides is 1. The molecule has 2 N–H and O–H groups in total. The predicted molar refractivity (Wildman–Crippen MR) is 84.6 cm³/mol. The molecule has 4 heteroatoms. The number of halogens is 1. The van der Waals surface area contributed by atoms with E-state index in [-0.39, 0.29) is 16.5 Å². The van der Waals surface area contributed by atoms with Gasteiger partial charge >= 0.3 is 0 Å². The molecule has 1 amide bonds. The summed E-state index contributed by atoms with van der Waals surface area (Å²) in [5.74, 6) is -0.0170. The van der Waals surface area contributed by atoms with E-state index in [1.807, 2.05) is 31.2 Å². The van der Waals surface area contributed by atoms with Crippen LogP contribution < -0.4 is 5.32 Å². The Labute approximate surface area is 126 Å². The van der Waals surface area contributed by atoms with Gasteiger partial charge in [-0.25, -0.2) is 0 Å². The van der Waals surface area contributed by atoms with Gasteiger partial charge in [-0.3, -0.25) is 4.79 Å². The molecule has 0 spiro atoms. The Kier molecular flexibility index (Phi) is 4.45. The Morgan fingerprint density at radius 2 is 1.95 bits per heavy atom. The lowest BCUT2D eigenvalue weighted by molar-refractivity contribution is 0.102. The van der Waals surface area contributed by atoms with E-state index >= 15 is 0 Å². The van der Waals surface area contributed by atoms with Gasteiger partial charge in [0.1, 0.15) is 5.75 Å². The first-order valence-corrected chi connectivity index (χ1v) is 7.24. The first kappa shape index (κ1) is 14.6. The van der Waals surface area contributed by atoms with Crippen molar-refractivity contribution in [2.45, 2.75) is 18.7 Å². The van der Waals surface area contributed by atoms with Crippen LogP contribution in [0.3, 0.4) is 0 Å². The lowest BCUT2D eigenvalue weighted by atomic mass is 10.1. The number of benzene rings is 2. The summed E-state index contributed by atoms with van der Waals surface area (Å²) >= 11 is 3.52. The quantitative estimate of drug-likeness (QED) is 0.817. The minimum absolute atomic E-state index is 0.153. The van der Waals surface area contributed by atoms with Crippen molar-refractivity contribution >= 4 is 27.5 Å². The van der Waals surface area contributed by atoms with Crippen LogP contribution >= 0.6 is 15.9 Å². The minimum atomic E-state index is -0.178. The second-order valence-electron chi connectivity index (χ2n) is 4.66. The predicted octanol–water partition coefficient (Wildman–Crippen LogP) is 4.41. The zero-order chi connectivity index (χ0) is 14.7. The third-order valence-corrected chi connectivity index (χ3v) is 3.59. The average Bonchev–Trinajstić information content (AvgIpc) is 2.38. The molecule has 2 aromatic rings. The number of phenols is 1. The zero-order valence-corrected chi connectivity index (χ0v) is 12.9. The summed E-state index contributed by atoms with van der Waals surface area (Å²) in [7, 11) is 0. The van der Waals surface area contributed by atoms with E-state index in [4.69, 9.17) is 0 Å². The lowest BCUT2D eigenvalue weighted by Gasteiger charge is -2.13. The third-order valence-electron chi connectivity index (χ3n) is 3.09. The molecule has 0 saturated heterocycles. The molecular formula is C16H16BrNO2. The summed E-state index contributed by atoms with van der Waals surface area (Å²) < 4.78 is 0. The molecule has 104 valence electrons. The fourth-order valence-electron chi connectivity index (χ4n) is 2.05. The van der Waals surface area contributed by atoms with E-state index in [1.54, 1.807) is 19.1 Å². The first-order chi connectivity index (χ1) is 9.49. The van der Waals surface area contributed by atoms with Gasteiger partial charge < -0.3 is 10.4 Å². The largest absolute Gasteiger partial charge is 0.508 e. The standard InChI is InChI=1S/C16H16BrNO2/c1-10-9-12(19)7-8-13(10)16(20)18-15-6-4-3-5-14(15)11(2)17/h3-9,11,19H,1-2H3,(H,18,20). The van der Waals surface area contributed by atoms with Gasteiger partial charge in [0.2, 0.25) is 0 Å². The molecular weight excluding hydrogens is 318 g/mol. The van der Waals surface area contributed by atoms with Crippen molar-refractivity contribution in [1.82, 2.24) is 0 Å². The monoisotopic (exact) mass is 333 g/mol. The Bertz CT molecular complexity index is 638. The maximum absolute atomic E-state index is 12.3. The molecule has 0 saturated carbocycles. The Morgan fingerprint density at radius 1 is 1.25 bits per heavy atom. The number of para-hydroxylation sites is 1. The molecule has 3 nitrogen and oxygen atoms in total. The molecule has 0 fully saturated rings. The second kappa shape index (κ2) is 6.09. The van der Waals surface area contributed by atoms with Crippen molar-refractivity contribution in [2.75, 3.05) is 5.32 Å². The van der Waals surface area contributed by atoms with Gasteiger partial charge in [0.15, 0.2) is 0 Å². The molecule has 2 aromatic carbocycles. The van der Waals surface area contributed by atoms with Crippen molar-refractivity contribution < 1.29 is 9.90 Å². The van der Waals surface area contributed by atoms with E-state index in [2.05, 4.69) is 21.2 Å². The molecule has 1 atom stereocenters. The summed E-state index contributed by atoms with van der Waals surface area (Å²) in [6.07, 6.45) is 0. The number of aromatic hydroxyl groups is 1. The molecule has 0 heterocycles. The zero-order valence-electron chi connectivity index (χ0n) is 11.4. The summed E-state index contributed by atoms with van der Waals surface area (Å²) in [6, 6.07) is 12.4. The van der Waals surface area contributed by atoms with Crippen molar-refractivity contribution in [3.05, 3.63) is 59.2 Å². The molecule has 0 radical (unpaired) electrons. The molecule has 0 aromatic heterocycles. The van der Waals surface area contributed by atoms with E-state index in [1.165, 1.54) is 6.07 Å². The van der Waals surface area contributed by atoms with Gasteiger partial charge in [-0.05, 0) is 49.2 Å². The third kappa shape index (κ3) is 3.20. The molecule has 0 aliphatic carbocycles.